The lowest BCUT2D eigenvalue weighted by Gasteiger charge is -2.18. The Bertz CT molecular complexity index is 381. The zero-order valence-corrected chi connectivity index (χ0v) is 11.4. The molecule has 2 atom stereocenters. The molecule has 0 N–H and O–H groups in total. The van der Waals surface area contributed by atoms with E-state index in [9.17, 15) is 4.79 Å². The molecule has 98 valence electrons. The molecule has 2 nitrogen and oxygen atoms in total. The Labute approximate surface area is 110 Å². The lowest BCUT2D eigenvalue weighted by molar-refractivity contribution is -0.152. The molecular weight excluding hydrogens is 224 g/mol. The first-order valence-corrected chi connectivity index (χ1v) is 6.42. The van der Waals surface area contributed by atoms with Gasteiger partial charge in [0, 0.05) is 0 Å². The van der Waals surface area contributed by atoms with E-state index >= 15 is 0 Å². The van der Waals surface area contributed by atoms with Gasteiger partial charge in [0.15, 0.2) is 0 Å². The molecule has 0 amide bonds. The number of ether oxygens (including phenoxy) is 1. The predicted octanol–water partition coefficient (Wildman–Crippen LogP) is 4.14. The van der Waals surface area contributed by atoms with Gasteiger partial charge < -0.3 is 4.74 Å². The molecule has 0 fully saturated rings. The summed E-state index contributed by atoms with van der Waals surface area (Å²) in [6.45, 7) is 9.78. The summed E-state index contributed by atoms with van der Waals surface area (Å²) in [7, 11) is 0. The summed E-state index contributed by atoms with van der Waals surface area (Å²) in [5.41, 5.74) is 1.01. The highest BCUT2D eigenvalue weighted by Crippen LogP contribution is 2.21. The second kappa shape index (κ2) is 7.00. The zero-order valence-electron chi connectivity index (χ0n) is 11.4. The summed E-state index contributed by atoms with van der Waals surface area (Å²) >= 11 is 0. The number of benzene rings is 1. The minimum absolute atomic E-state index is 0.185. The van der Waals surface area contributed by atoms with Gasteiger partial charge in [-0.05, 0) is 24.8 Å². The normalized spacial score (nSPS) is 14.0. The average molecular weight is 246 g/mol. The van der Waals surface area contributed by atoms with Gasteiger partial charge in [-0.3, -0.25) is 4.79 Å². The van der Waals surface area contributed by atoms with Crippen molar-refractivity contribution in [3.8, 4) is 0 Å². The quantitative estimate of drug-likeness (QED) is 0.557. The van der Waals surface area contributed by atoms with Crippen molar-refractivity contribution in [3.63, 3.8) is 0 Å². The Morgan fingerprint density at radius 3 is 2.39 bits per heavy atom. The predicted molar refractivity (Wildman–Crippen MR) is 74.1 cm³/mol. The maximum atomic E-state index is 12.0. The molecule has 0 aromatic heterocycles. The molecule has 1 aromatic carbocycles. The average Bonchev–Trinajstić information content (AvgIpc) is 2.36. The number of rotatable bonds is 6. The van der Waals surface area contributed by atoms with Crippen molar-refractivity contribution in [2.75, 3.05) is 0 Å². The SMILES string of the molecule is C=CC(CC(C)C)C(=O)OC(C)c1ccccc1. The summed E-state index contributed by atoms with van der Waals surface area (Å²) < 4.78 is 5.48. The van der Waals surface area contributed by atoms with Gasteiger partial charge in [0.1, 0.15) is 6.10 Å². The highest BCUT2D eigenvalue weighted by atomic mass is 16.5. The number of carbonyl (C=O) groups is 1. The standard InChI is InChI=1S/C16H22O2/c1-5-14(11-12(2)3)16(17)18-13(4)15-9-7-6-8-10-15/h5-10,12-14H,1,11H2,2-4H3. The number of hydrogen-bond acceptors (Lipinski definition) is 2. The van der Waals surface area contributed by atoms with Gasteiger partial charge in [-0.25, -0.2) is 0 Å². The van der Waals surface area contributed by atoms with Crippen molar-refractivity contribution in [2.24, 2.45) is 11.8 Å². The van der Waals surface area contributed by atoms with Crippen LogP contribution in [-0.4, -0.2) is 5.97 Å². The van der Waals surface area contributed by atoms with E-state index in [-0.39, 0.29) is 18.0 Å². The fourth-order valence-corrected chi connectivity index (χ4v) is 1.85. The van der Waals surface area contributed by atoms with Crippen molar-refractivity contribution >= 4 is 5.97 Å². The lowest BCUT2D eigenvalue weighted by Crippen LogP contribution is -2.19. The first-order valence-electron chi connectivity index (χ1n) is 6.42. The van der Waals surface area contributed by atoms with E-state index in [1.54, 1.807) is 6.08 Å². The molecule has 0 aliphatic heterocycles. The number of hydrogen-bond donors (Lipinski definition) is 0. The molecule has 0 aliphatic rings. The van der Waals surface area contributed by atoms with Crippen LogP contribution in [0.25, 0.3) is 0 Å². The van der Waals surface area contributed by atoms with E-state index in [0.717, 1.165) is 12.0 Å². The Kier molecular flexibility index (Phi) is 5.63. The van der Waals surface area contributed by atoms with Gasteiger partial charge in [0.05, 0.1) is 5.92 Å². The van der Waals surface area contributed by atoms with Gasteiger partial charge in [0.2, 0.25) is 0 Å². The molecule has 2 unspecified atom stereocenters. The van der Waals surface area contributed by atoms with Crippen molar-refractivity contribution < 1.29 is 9.53 Å². The van der Waals surface area contributed by atoms with E-state index in [1.165, 1.54) is 0 Å². The Morgan fingerprint density at radius 1 is 1.28 bits per heavy atom. The maximum Gasteiger partial charge on any atom is 0.313 e. The summed E-state index contributed by atoms with van der Waals surface area (Å²) in [6.07, 6.45) is 2.25. The van der Waals surface area contributed by atoms with Crippen molar-refractivity contribution in [1.29, 1.82) is 0 Å². The number of carbonyl (C=O) groups excluding carboxylic acids is 1. The van der Waals surface area contributed by atoms with Crippen LogP contribution in [0, 0.1) is 11.8 Å². The maximum absolute atomic E-state index is 12.0. The third kappa shape index (κ3) is 4.36. The minimum Gasteiger partial charge on any atom is -0.457 e. The van der Waals surface area contributed by atoms with Crippen LogP contribution in [0.1, 0.15) is 38.9 Å². The van der Waals surface area contributed by atoms with E-state index in [4.69, 9.17) is 4.74 Å². The first kappa shape index (κ1) is 14.5. The van der Waals surface area contributed by atoms with Crippen molar-refractivity contribution in [3.05, 3.63) is 48.6 Å². The molecule has 2 heteroatoms. The summed E-state index contributed by atoms with van der Waals surface area (Å²) in [4.78, 5) is 12.0. The van der Waals surface area contributed by atoms with Crippen LogP contribution in [0.15, 0.2) is 43.0 Å². The summed E-state index contributed by atoms with van der Waals surface area (Å²) in [5, 5.41) is 0. The molecule has 0 radical (unpaired) electrons. The van der Waals surface area contributed by atoms with Gasteiger partial charge >= 0.3 is 5.97 Å². The highest BCUT2D eigenvalue weighted by Gasteiger charge is 2.20. The molecule has 1 rings (SSSR count). The van der Waals surface area contributed by atoms with Gasteiger partial charge in [-0.15, -0.1) is 6.58 Å². The van der Waals surface area contributed by atoms with Gasteiger partial charge in [-0.1, -0.05) is 50.3 Å². The van der Waals surface area contributed by atoms with Crippen LogP contribution in [0.2, 0.25) is 0 Å². The number of esters is 1. The van der Waals surface area contributed by atoms with Crippen LogP contribution in [-0.2, 0) is 9.53 Å². The molecule has 0 spiro atoms. The van der Waals surface area contributed by atoms with E-state index < -0.39 is 0 Å². The van der Waals surface area contributed by atoms with Crippen LogP contribution >= 0.6 is 0 Å². The second-order valence-corrected chi connectivity index (χ2v) is 4.96. The lowest BCUT2D eigenvalue weighted by atomic mass is 9.97. The third-order valence-electron chi connectivity index (χ3n) is 2.87. The van der Waals surface area contributed by atoms with Crippen LogP contribution in [0.3, 0.4) is 0 Å². The minimum atomic E-state index is -0.215. The van der Waals surface area contributed by atoms with Crippen LogP contribution < -0.4 is 0 Å². The molecule has 0 heterocycles. The van der Waals surface area contributed by atoms with E-state index in [2.05, 4.69) is 20.4 Å². The largest absolute Gasteiger partial charge is 0.457 e. The fourth-order valence-electron chi connectivity index (χ4n) is 1.85. The van der Waals surface area contributed by atoms with Crippen molar-refractivity contribution in [1.82, 2.24) is 0 Å². The molecule has 0 saturated carbocycles. The molecule has 18 heavy (non-hydrogen) atoms. The molecular formula is C16H22O2. The monoisotopic (exact) mass is 246 g/mol. The van der Waals surface area contributed by atoms with E-state index in [1.807, 2.05) is 37.3 Å². The Morgan fingerprint density at radius 2 is 1.89 bits per heavy atom. The Balaban J connectivity index is 2.61. The molecule has 0 saturated heterocycles. The third-order valence-corrected chi connectivity index (χ3v) is 2.87. The van der Waals surface area contributed by atoms with Crippen LogP contribution in [0.5, 0.6) is 0 Å². The molecule has 0 bridgehead atoms. The first-order chi connectivity index (χ1) is 8.54. The zero-order chi connectivity index (χ0) is 13.5. The highest BCUT2D eigenvalue weighted by molar-refractivity contribution is 5.74. The molecule has 0 aliphatic carbocycles. The topological polar surface area (TPSA) is 26.3 Å². The Hall–Kier alpha value is -1.57. The van der Waals surface area contributed by atoms with Crippen molar-refractivity contribution in [2.45, 2.75) is 33.3 Å². The van der Waals surface area contributed by atoms with Crippen LogP contribution in [0.4, 0.5) is 0 Å². The summed E-state index contributed by atoms with van der Waals surface area (Å²) in [5.74, 6) is 0.0544. The van der Waals surface area contributed by atoms with Gasteiger partial charge in [-0.2, -0.15) is 0 Å². The van der Waals surface area contributed by atoms with Gasteiger partial charge in [0.25, 0.3) is 0 Å². The fraction of sp³-hybridized carbons (Fsp3) is 0.438. The molecule has 1 aromatic rings. The summed E-state index contributed by atoms with van der Waals surface area (Å²) in [6, 6.07) is 9.76. The van der Waals surface area contributed by atoms with E-state index in [0.29, 0.717) is 5.92 Å². The smallest absolute Gasteiger partial charge is 0.313 e. The second-order valence-electron chi connectivity index (χ2n) is 4.96.